The highest BCUT2D eigenvalue weighted by molar-refractivity contribution is 9.10. The number of rotatable bonds is 4. The minimum atomic E-state index is 0.311. The van der Waals surface area contributed by atoms with Crippen LogP contribution in [0, 0.1) is 0 Å². The zero-order chi connectivity index (χ0) is 9.68. The summed E-state index contributed by atoms with van der Waals surface area (Å²) in [4.78, 5) is 8.18. The summed E-state index contributed by atoms with van der Waals surface area (Å²) < 4.78 is 0.879. The van der Waals surface area contributed by atoms with Gasteiger partial charge in [0.05, 0.1) is 4.47 Å². The first-order valence-electron chi connectivity index (χ1n) is 4.16. The van der Waals surface area contributed by atoms with Gasteiger partial charge in [0.25, 0.3) is 0 Å². The molecule has 0 saturated carbocycles. The summed E-state index contributed by atoms with van der Waals surface area (Å²) >= 11 is 3.27. The third-order valence-corrected chi connectivity index (χ3v) is 2.01. The highest BCUT2D eigenvalue weighted by atomic mass is 79.9. The van der Waals surface area contributed by atoms with E-state index in [0.717, 1.165) is 10.9 Å². The summed E-state index contributed by atoms with van der Waals surface area (Å²) in [5.41, 5.74) is 5.42. The topological polar surface area (TPSA) is 63.8 Å². The lowest BCUT2D eigenvalue weighted by atomic mass is 10.2. The fourth-order valence-corrected chi connectivity index (χ4v) is 1.13. The van der Waals surface area contributed by atoms with E-state index in [1.165, 1.54) is 0 Å². The molecule has 1 atom stereocenters. The van der Waals surface area contributed by atoms with Crippen molar-refractivity contribution in [3.63, 3.8) is 0 Å². The van der Waals surface area contributed by atoms with Gasteiger partial charge in [0.15, 0.2) is 0 Å². The maximum atomic E-state index is 5.42. The molecule has 0 saturated heterocycles. The molecule has 5 heteroatoms. The van der Waals surface area contributed by atoms with Crippen LogP contribution in [0.1, 0.15) is 13.3 Å². The second kappa shape index (κ2) is 5.14. The third-order valence-electron chi connectivity index (χ3n) is 1.60. The summed E-state index contributed by atoms with van der Waals surface area (Å²) in [5, 5.41) is 3.15. The number of halogens is 1. The van der Waals surface area contributed by atoms with Gasteiger partial charge in [0.1, 0.15) is 0 Å². The van der Waals surface area contributed by atoms with Crippen molar-refractivity contribution in [3.8, 4) is 0 Å². The van der Waals surface area contributed by atoms with Gasteiger partial charge in [-0.2, -0.15) is 0 Å². The Kier molecular flexibility index (Phi) is 4.11. The first-order valence-corrected chi connectivity index (χ1v) is 4.96. The summed E-state index contributed by atoms with van der Waals surface area (Å²) in [6.07, 6.45) is 4.34. The molecule has 1 aromatic rings. The molecule has 0 bridgehead atoms. The standard InChI is InChI=1S/C8H13BrN4/c1-6(2-3-10)13-8-11-4-7(9)5-12-8/h4-6H,2-3,10H2,1H3,(H,11,12,13). The van der Waals surface area contributed by atoms with E-state index in [0.29, 0.717) is 18.5 Å². The second-order valence-corrected chi connectivity index (χ2v) is 3.76. The van der Waals surface area contributed by atoms with E-state index in [-0.39, 0.29) is 0 Å². The van der Waals surface area contributed by atoms with Crippen molar-refractivity contribution in [2.75, 3.05) is 11.9 Å². The molecule has 0 fully saturated rings. The molecule has 1 aromatic heterocycles. The maximum Gasteiger partial charge on any atom is 0.222 e. The highest BCUT2D eigenvalue weighted by Crippen LogP contribution is 2.07. The molecule has 4 nitrogen and oxygen atoms in total. The van der Waals surface area contributed by atoms with Crippen molar-refractivity contribution >= 4 is 21.9 Å². The Morgan fingerprint density at radius 1 is 1.54 bits per heavy atom. The first-order chi connectivity index (χ1) is 6.22. The van der Waals surface area contributed by atoms with Crippen LogP contribution in [0.4, 0.5) is 5.95 Å². The molecule has 72 valence electrons. The maximum absolute atomic E-state index is 5.42. The van der Waals surface area contributed by atoms with Crippen LogP contribution in [-0.4, -0.2) is 22.6 Å². The van der Waals surface area contributed by atoms with Gasteiger partial charge in [-0.05, 0) is 35.8 Å². The predicted octanol–water partition coefficient (Wildman–Crippen LogP) is 1.39. The molecule has 0 radical (unpaired) electrons. The average Bonchev–Trinajstić information content (AvgIpc) is 2.09. The van der Waals surface area contributed by atoms with Gasteiger partial charge in [0, 0.05) is 18.4 Å². The van der Waals surface area contributed by atoms with E-state index in [2.05, 4.69) is 38.1 Å². The van der Waals surface area contributed by atoms with E-state index < -0.39 is 0 Å². The molecule has 0 aliphatic rings. The minimum absolute atomic E-state index is 0.311. The lowest BCUT2D eigenvalue weighted by Gasteiger charge is -2.11. The van der Waals surface area contributed by atoms with E-state index in [1.54, 1.807) is 12.4 Å². The monoisotopic (exact) mass is 244 g/mol. The van der Waals surface area contributed by atoms with Gasteiger partial charge in [-0.3, -0.25) is 0 Å². The van der Waals surface area contributed by atoms with Gasteiger partial charge >= 0.3 is 0 Å². The third kappa shape index (κ3) is 3.69. The molecule has 0 aliphatic heterocycles. The number of nitrogens with two attached hydrogens (primary N) is 1. The predicted molar refractivity (Wildman–Crippen MR) is 56.5 cm³/mol. The molecule has 1 unspecified atom stereocenters. The van der Waals surface area contributed by atoms with Crippen molar-refractivity contribution in [3.05, 3.63) is 16.9 Å². The first kappa shape index (κ1) is 10.4. The fourth-order valence-electron chi connectivity index (χ4n) is 0.929. The number of nitrogens with one attached hydrogen (secondary N) is 1. The van der Waals surface area contributed by atoms with Crippen LogP contribution < -0.4 is 11.1 Å². The molecule has 1 rings (SSSR count). The van der Waals surface area contributed by atoms with Crippen LogP contribution >= 0.6 is 15.9 Å². The smallest absolute Gasteiger partial charge is 0.222 e. The van der Waals surface area contributed by atoms with Gasteiger partial charge in [-0.15, -0.1) is 0 Å². The summed E-state index contributed by atoms with van der Waals surface area (Å²) in [6, 6.07) is 0.311. The Hall–Kier alpha value is -0.680. The summed E-state index contributed by atoms with van der Waals surface area (Å²) in [6.45, 7) is 2.73. The summed E-state index contributed by atoms with van der Waals surface area (Å²) in [5.74, 6) is 0.643. The Morgan fingerprint density at radius 3 is 2.69 bits per heavy atom. The lowest BCUT2D eigenvalue weighted by Crippen LogP contribution is -2.20. The lowest BCUT2D eigenvalue weighted by molar-refractivity contribution is 0.709. The van der Waals surface area contributed by atoms with Crippen molar-refractivity contribution in [2.24, 2.45) is 5.73 Å². The number of anilines is 1. The molecular weight excluding hydrogens is 232 g/mol. The fraction of sp³-hybridized carbons (Fsp3) is 0.500. The van der Waals surface area contributed by atoms with Gasteiger partial charge < -0.3 is 11.1 Å². The molecule has 0 aromatic carbocycles. The van der Waals surface area contributed by atoms with E-state index >= 15 is 0 Å². The Labute approximate surface area is 86.1 Å². The molecule has 13 heavy (non-hydrogen) atoms. The number of hydrogen-bond donors (Lipinski definition) is 2. The number of aromatic nitrogens is 2. The molecule has 1 heterocycles. The van der Waals surface area contributed by atoms with E-state index in [9.17, 15) is 0 Å². The zero-order valence-corrected chi connectivity index (χ0v) is 9.08. The SMILES string of the molecule is CC(CCN)Nc1ncc(Br)cn1. The molecule has 3 N–H and O–H groups in total. The molecular formula is C8H13BrN4. The van der Waals surface area contributed by atoms with Crippen LogP contribution in [-0.2, 0) is 0 Å². The number of nitrogens with zero attached hydrogens (tertiary/aromatic N) is 2. The minimum Gasteiger partial charge on any atom is -0.352 e. The van der Waals surface area contributed by atoms with E-state index in [1.807, 2.05) is 0 Å². The highest BCUT2D eigenvalue weighted by Gasteiger charge is 2.01. The number of hydrogen-bond acceptors (Lipinski definition) is 4. The largest absolute Gasteiger partial charge is 0.352 e. The van der Waals surface area contributed by atoms with Gasteiger partial charge in [0.2, 0.25) is 5.95 Å². The Balaban J connectivity index is 2.49. The Morgan fingerprint density at radius 2 is 2.15 bits per heavy atom. The van der Waals surface area contributed by atoms with Crippen molar-refractivity contribution in [1.29, 1.82) is 0 Å². The van der Waals surface area contributed by atoms with E-state index in [4.69, 9.17) is 5.73 Å². The zero-order valence-electron chi connectivity index (χ0n) is 7.50. The quantitative estimate of drug-likeness (QED) is 0.841. The molecule has 0 spiro atoms. The van der Waals surface area contributed by atoms with Gasteiger partial charge in [-0.1, -0.05) is 0 Å². The van der Waals surface area contributed by atoms with Crippen LogP contribution in [0.3, 0.4) is 0 Å². The van der Waals surface area contributed by atoms with Gasteiger partial charge in [-0.25, -0.2) is 9.97 Å². The molecule has 0 aliphatic carbocycles. The average molecular weight is 245 g/mol. The molecule has 0 amide bonds. The Bertz CT molecular complexity index is 249. The van der Waals surface area contributed by atoms with Crippen LogP contribution in [0.2, 0.25) is 0 Å². The normalized spacial score (nSPS) is 12.5. The van der Waals surface area contributed by atoms with Crippen molar-refractivity contribution in [2.45, 2.75) is 19.4 Å². The van der Waals surface area contributed by atoms with Crippen molar-refractivity contribution in [1.82, 2.24) is 9.97 Å². The van der Waals surface area contributed by atoms with Crippen LogP contribution in [0.25, 0.3) is 0 Å². The second-order valence-electron chi connectivity index (χ2n) is 2.85. The van der Waals surface area contributed by atoms with Crippen molar-refractivity contribution < 1.29 is 0 Å². The van der Waals surface area contributed by atoms with Crippen LogP contribution in [0.5, 0.6) is 0 Å². The summed E-state index contributed by atoms with van der Waals surface area (Å²) in [7, 11) is 0. The van der Waals surface area contributed by atoms with Crippen LogP contribution in [0.15, 0.2) is 16.9 Å².